The zero-order valence-corrected chi connectivity index (χ0v) is 10.0. The Morgan fingerprint density at radius 3 is 2.22 bits per heavy atom. The molecule has 0 spiro atoms. The summed E-state index contributed by atoms with van der Waals surface area (Å²) in [4.78, 5) is 0. The van der Waals surface area contributed by atoms with Crippen LogP contribution >= 0.6 is 0 Å². The molecule has 102 valence electrons. The molecule has 0 amide bonds. The first-order valence-corrected chi connectivity index (χ1v) is 5.45. The topological polar surface area (TPSA) is 46.2 Å². The Morgan fingerprint density at radius 2 is 1.78 bits per heavy atom. The minimum atomic E-state index is -4.78. The van der Waals surface area contributed by atoms with Gasteiger partial charge < -0.3 is 10.8 Å². The second-order valence-electron chi connectivity index (χ2n) is 4.50. The van der Waals surface area contributed by atoms with Gasteiger partial charge in [-0.2, -0.15) is 13.2 Å². The number of hydrogen-bond donors (Lipinski definition) is 2. The lowest BCUT2D eigenvalue weighted by Gasteiger charge is -2.23. The number of alkyl halides is 3. The number of hydrogen-bond acceptors (Lipinski definition) is 2. The van der Waals surface area contributed by atoms with Crippen LogP contribution in [0.1, 0.15) is 31.0 Å². The van der Waals surface area contributed by atoms with Crippen molar-refractivity contribution in [3.63, 3.8) is 0 Å². The summed E-state index contributed by atoms with van der Waals surface area (Å²) in [5.41, 5.74) is 4.35. The Labute approximate surface area is 102 Å². The smallest absolute Gasteiger partial charge is 0.391 e. The van der Waals surface area contributed by atoms with Crippen molar-refractivity contribution in [3.8, 4) is 0 Å². The minimum Gasteiger partial charge on any atom is -0.391 e. The van der Waals surface area contributed by atoms with Crippen molar-refractivity contribution in [2.75, 3.05) is 0 Å². The van der Waals surface area contributed by atoms with Crippen LogP contribution in [0.25, 0.3) is 0 Å². The van der Waals surface area contributed by atoms with Crippen molar-refractivity contribution in [3.05, 3.63) is 35.1 Å². The highest BCUT2D eigenvalue weighted by atomic mass is 19.4. The van der Waals surface area contributed by atoms with Crippen molar-refractivity contribution >= 4 is 0 Å². The molecule has 0 fully saturated rings. The van der Waals surface area contributed by atoms with E-state index in [1.807, 2.05) is 0 Å². The van der Waals surface area contributed by atoms with Gasteiger partial charge in [-0.05, 0) is 23.6 Å². The molecule has 0 saturated heterocycles. The van der Waals surface area contributed by atoms with Gasteiger partial charge in [0, 0.05) is 0 Å². The average Bonchev–Trinajstić information content (AvgIpc) is 2.26. The van der Waals surface area contributed by atoms with Crippen molar-refractivity contribution in [1.82, 2.24) is 0 Å². The predicted octanol–water partition coefficient (Wildman–Crippen LogP) is 2.86. The monoisotopic (exact) mass is 265 g/mol. The van der Waals surface area contributed by atoms with Crippen LogP contribution in [0.2, 0.25) is 0 Å². The van der Waals surface area contributed by atoms with Crippen molar-refractivity contribution in [1.29, 1.82) is 0 Å². The first-order chi connectivity index (χ1) is 8.14. The maximum Gasteiger partial charge on any atom is 0.419 e. The fourth-order valence-corrected chi connectivity index (χ4v) is 1.58. The molecular weight excluding hydrogens is 250 g/mol. The Hall–Kier alpha value is -1.14. The second-order valence-corrected chi connectivity index (χ2v) is 4.50. The van der Waals surface area contributed by atoms with E-state index in [9.17, 15) is 22.7 Å². The van der Waals surface area contributed by atoms with Crippen LogP contribution in [-0.2, 0) is 6.18 Å². The third-order valence-corrected chi connectivity index (χ3v) is 2.73. The molecule has 1 aromatic rings. The molecular formula is C12H15F4NO. The molecule has 3 N–H and O–H groups in total. The van der Waals surface area contributed by atoms with E-state index >= 15 is 0 Å². The summed E-state index contributed by atoms with van der Waals surface area (Å²) in [6.07, 6.45) is -5.76. The van der Waals surface area contributed by atoms with E-state index in [1.54, 1.807) is 13.8 Å². The van der Waals surface area contributed by atoms with Crippen LogP contribution in [0.15, 0.2) is 18.2 Å². The standard InChI is InChI=1S/C12H15F4NO/c1-6(2)11(18)10(17)7-3-4-9(13)8(5-7)12(14,15)16/h3-6,10-11,18H,17H2,1-2H3/t10-,11+/m0/s1. The normalized spacial score (nSPS) is 15.8. The molecule has 2 atom stereocenters. The van der Waals surface area contributed by atoms with Crippen molar-refractivity contribution < 1.29 is 22.7 Å². The van der Waals surface area contributed by atoms with Crippen molar-refractivity contribution in [2.24, 2.45) is 11.7 Å². The van der Waals surface area contributed by atoms with Gasteiger partial charge in [-0.3, -0.25) is 0 Å². The summed E-state index contributed by atoms with van der Waals surface area (Å²) in [5.74, 6) is -1.56. The van der Waals surface area contributed by atoms with Gasteiger partial charge in [0.05, 0.1) is 17.7 Å². The molecule has 18 heavy (non-hydrogen) atoms. The van der Waals surface area contributed by atoms with E-state index in [0.717, 1.165) is 6.07 Å². The van der Waals surface area contributed by atoms with Gasteiger partial charge in [-0.1, -0.05) is 19.9 Å². The van der Waals surface area contributed by atoms with E-state index in [2.05, 4.69) is 0 Å². The lowest BCUT2D eigenvalue weighted by molar-refractivity contribution is -0.140. The van der Waals surface area contributed by atoms with Gasteiger partial charge in [0.1, 0.15) is 5.82 Å². The molecule has 0 aromatic heterocycles. The number of nitrogens with two attached hydrogens (primary N) is 1. The van der Waals surface area contributed by atoms with E-state index in [0.29, 0.717) is 12.1 Å². The van der Waals surface area contributed by atoms with Gasteiger partial charge in [-0.25, -0.2) is 4.39 Å². The number of aliphatic hydroxyl groups is 1. The molecule has 0 radical (unpaired) electrons. The SMILES string of the molecule is CC(C)[C@@H](O)[C@@H](N)c1ccc(F)c(C(F)(F)F)c1. The fourth-order valence-electron chi connectivity index (χ4n) is 1.58. The van der Waals surface area contributed by atoms with E-state index in [4.69, 9.17) is 5.73 Å². The van der Waals surface area contributed by atoms with Gasteiger partial charge in [0.15, 0.2) is 0 Å². The second kappa shape index (κ2) is 5.24. The summed E-state index contributed by atoms with van der Waals surface area (Å²) < 4.78 is 50.6. The van der Waals surface area contributed by atoms with Gasteiger partial charge in [0.2, 0.25) is 0 Å². The molecule has 0 saturated carbocycles. The molecule has 0 aliphatic heterocycles. The number of benzene rings is 1. The van der Waals surface area contributed by atoms with Crippen LogP contribution in [0.5, 0.6) is 0 Å². The number of aliphatic hydroxyl groups excluding tert-OH is 1. The van der Waals surface area contributed by atoms with Crippen LogP contribution < -0.4 is 5.73 Å². The van der Waals surface area contributed by atoms with Crippen LogP contribution in [0, 0.1) is 11.7 Å². The molecule has 1 aromatic carbocycles. The van der Waals surface area contributed by atoms with E-state index in [-0.39, 0.29) is 11.5 Å². The average molecular weight is 265 g/mol. The predicted molar refractivity (Wildman–Crippen MR) is 59.2 cm³/mol. The Kier molecular flexibility index (Phi) is 4.34. The molecule has 1 rings (SSSR count). The highest BCUT2D eigenvalue weighted by Gasteiger charge is 2.35. The molecule has 0 bridgehead atoms. The zero-order valence-electron chi connectivity index (χ0n) is 10.0. The summed E-state index contributed by atoms with van der Waals surface area (Å²) >= 11 is 0. The van der Waals surface area contributed by atoms with E-state index in [1.165, 1.54) is 0 Å². The molecule has 2 nitrogen and oxygen atoms in total. The Morgan fingerprint density at radius 1 is 1.22 bits per heavy atom. The lowest BCUT2D eigenvalue weighted by atomic mass is 9.93. The number of rotatable bonds is 3. The molecule has 0 heterocycles. The van der Waals surface area contributed by atoms with Crippen LogP contribution in [-0.4, -0.2) is 11.2 Å². The number of halogens is 4. The third kappa shape index (κ3) is 3.20. The van der Waals surface area contributed by atoms with Crippen LogP contribution in [0.3, 0.4) is 0 Å². The minimum absolute atomic E-state index is 0.0601. The quantitative estimate of drug-likeness (QED) is 0.825. The maximum atomic E-state index is 13.1. The van der Waals surface area contributed by atoms with Gasteiger partial charge >= 0.3 is 6.18 Å². The summed E-state index contributed by atoms with van der Waals surface area (Å²) in [6.45, 7) is 3.39. The third-order valence-electron chi connectivity index (χ3n) is 2.73. The van der Waals surface area contributed by atoms with Crippen molar-refractivity contribution in [2.45, 2.75) is 32.2 Å². The first kappa shape index (κ1) is 14.9. The summed E-state index contributed by atoms with van der Waals surface area (Å²) in [7, 11) is 0. The summed E-state index contributed by atoms with van der Waals surface area (Å²) in [6, 6.07) is 1.53. The molecule has 0 unspecified atom stereocenters. The van der Waals surface area contributed by atoms with E-state index < -0.39 is 29.7 Å². The molecule has 6 heteroatoms. The molecule has 0 aliphatic carbocycles. The fraction of sp³-hybridized carbons (Fsp3) is 0.500. The molecule has 0 aliphatic rings. The Bertz CT molecular complexity index is 417. The zero-order chi connectivity index (χ0) is 14.1. The highest BCUT2D eigenvalue weighted by molar-refractivity contribution is 5.30. The largest absolute Gasteiger partial charge is 0.419 e. The highest BCUT2D eigenvalue weighted by Crippen LogP contribution is 2.33. The van der Waals surface area contributed by atoms with Gasteiger partial charge in [-0.15, -0.1) is 0 Å². The lowest BCUT2D eigenvalue weighted by Crippen LogP contribution is -2.30. The Balaban J connectivity index is 3.13. The maximum absolute atomic E-state index is 13.1. The van der Waals surface area contributed by atoms with Gasteiger partial charge in [0.25, 0.3) is 0 Å². The first-order valence-electron chi connectivity index (χ1n) is 5.45. The van der Waals surface area contributed by atoms with Crippen LogP contribution in [0.4, 0.5) is 17.6 Å². The summed E-state index contributed by atoms with van der Waals surface area (Å²) in [5, 5.41) is 9.71.